The fourth-order valence-electron chi connectivity index (χ4n) is 1.91. The van der Waals surface area contributed by atoms with Gasteiger partial charge in [0, 0.05) is 19.4 Å². The van der Waals surface area contributed by atoms with Crippen molar-refractivity contribution in [1.82, 2.24) is 4.90 Å². The number of hydrogen-bond donors (Lipinski definition) is 1. The van der Waals surface area contributed by atoms with Crippen LogP contribution in [0.25, 0.3) is 0 Å². The van der Waals surface area contributed by atoms with Crippen LogP contribution in [0.15, 0.2) is 0 Å². The molecule has 1 N–H and O–H groups in total. The normalized spacial score (nSPS) is 14.2. The van der Waals surface area contributed by atoms with Gasteiger partial charge in [-0.25, -0.2) is 0 Å². The molecule has 0 fully saturated rings. The van der Waals surface area contributed by atoms with E-state index in [1.54, 1.807) is 11.9 Å². The Morgan fingerprint density at radius 1 is 1.24 bits per heavy atom. The number of carbonyl (C=O) groups is 1. The second-order valence-electron chi connectivity index (χ2n) is 4.94. The van der Waals surface area contributed by atoms with Gasteiger partial charge >= 0.3 is 0 Å². The third kappa shape index (κ3) is 5.33. The van der Waals surface area contributed by atoms with Gasteiger partial charge in [-0.15, -0.1) is 0 Å². The number of hydrogen-bond acceptors (Lipinski definition) is 2. The lowest BCUT2D eigenvalue weighted by molar-refractivity contribution is -0.126. The molecule has 0 rings (SSSR count). The van der Waals surface area contributed by atoms with Gasteiger partial charge in [-0.3, -0.25) is 10.2 Å². The Morgan fingerprint density at radius 3 is 2.24 bits per heavy atom. The standard InChI is InChI=1S/C14H28N2O/c1-6-9-13(17)16(5)14(15)12(8-3)10-11(4)7-2/h11-12,15H,6-10H2,1-5H3. The fraction of sp³-hybridized carbons (Fsp3) is 0.857. The van der Waals surface area contributed by atoms with Crippen molar-refractivity contribution in [3.05, 3.63) is 0 Å². The molecule has 0 saturated carbocycles. The van der Waals surface area contributed by atoms with Gasteiger partial charge in [0.1, 0.15) is 5.84 Å². The molecule has 0 radical (unpaired) electrons. The zero-order valence-electron chi connectivity index (χ0n) is 12.0. The molecule has 2 atom stereocenters. The summed E-state index contributed by atoms with van der Waals surface area (Å²) in [6, 6.07) is 0. The SMILES string of the molecule is CCCC(=O)N(C)C(=N)C(CC)CC(C)CC. The number of nitrogens with zero attached hydrogens (tertiary/aromatic N) is 1. The van der Waals surface area contributed by atoms with E-state index in [4.69, 9.17) is 5.41 Å². The predicted octanol–water partition coefficient (Wildman–Crippen LogP) is 3.68. The van der Waals surface area contributed by atoms with Crippen molar-refractivity contribution in [3.8, 4) is 0 Å². The molecule has 0 heterocycles. The van der Waals surface area contributed by atoms with Crippen molar-refractivity contribution in [2.24, 2.45) is 11.8 Å². The first-order valence-electron chi connectivity index (χ1n) is 6.82. The van der Waals surface area contributed by atoms with Gasteiger partial charge in [-0.2, -0.15) is 0 Å². The van der Waals surface area contributed by atoms with Crippen LogP contribution in [0.3, 0.4) is 0 Å². The third-order valence-electron chi connectivity index (χ3n) is 3.46. The Balaban J connectivity index is 4.47. The van der Waals surface area contributed by atoms with Crippen molar-refractivity contribution in [2.45, 2.75) is 59.8 Å². The molecular formula is C14H28N2O. The zero-order valence-corrected chi connectivity index (χ0v) is 12.0. The molecule has 0 saturated heterocycles. The minimum atomic E-state index is 0.0695. The van der Waals surface area contributed by atoms with E-state index in [0.717, 1.165) is 25.7 Å². The van der Waals surface area contributed by atoms with E-state index >= 15 is 0 Å². The largest absolute Gasteiger partial charge is 0.304 e. The first-order chi connectivity index (χ1) is 7.97. The molecule has 0 bridgehead atoms. The molecular weight excluding hydrogens is 212 g/mol. The summed E-state index contributed by atoms with van der Waals surface area (Å²) in [5.41, 5.74) is 0. The molecule has 2 unspecified atom stereocenters. The van der Waals surface area contributed by atoms with Crippen molar-refractivity contribution in [2.75, 3.05) is 7.05 Å². The summed E-state index contributed by atoms with van der Waals surface area (Å²) in [5.74, 6) is 1.40. The molecule has 100 valence electrons. The Kier molecular flexibility index (Phi) is 7.85. The lowest BCUT2D eigenvalue weighted by Gasteiger charge is -2.26. The van der Waals surface area contributed by atoms with E-state index in [-0.39, 0.29) is 11.8 Å². The van der Waals surface area contributed by atoms with Gasteiger partial charge in [0.2, 0.25) is 5.91 Å². The maximum absolute atomic E-state index is 11.7. The Labute approximate surface area is 106 Å². The van der Waals surface area contributed by atoms with Crippen LogP contribution in [0, 0.1) is 17.2 Å². The van der Waals surface area contributed by atoms with Gasteiger partial charge < -0.3 is 4.90 Å². The van der Waals surface area contributed by atoms with E-state index < -0.39 is 0 Å². The molecule has 3 nitrogen and oxygen atoms in total. The summed E-state index contributed by atoms with van der Waals surface area (Å²) in [6.07, 6.45) is 4.47. The number of carbonyl (C=O) groups excluding carboxylic acids is 1. The Hall–Kier alpha value is -0.860. The molecule has 0 aromatic carbocycles. The average Bonchev–Trinajstić information content (AvgIpc) is 2.33. The van der Waals surface area contributed by atoms with Crippen molar-refractivity contribution < 1.29 is 4.79 Å². The first-order valence-corrected chi connectivity index (χ1v) is 6.82. The molecule has 1 amide bonds. The molecule has 0 aromatic rings. The van der Waals surface area contributed by atoms with Crippen LogP contribution in [-0.4, -0.2) is 23.7 Å². The van der Waals surface area contributed by atoms with Gasteiger partial charge in [0.15, 0.2) is 0 Å². The minimum absolute atomic E-state index is 0.0695. The molecule has 0 spiro atoms. The van der Waals surface area contributed by atoms with Gasteiger partial charge in [-0.1, -0.05) is 34.1 Å². The van der Waals surface area contributed by atoms with Crippen LogP contribution in [0.5, 0.6) is 0 Å². The van der Waals surface area contributed by atoms with Crippen LogP contribution in [0.4, 0.5) is 0 Å². The lowest BCUT2D eigenvalue weighted by Crippen LogP contribution is -2.37. The van der Waals surface area contributed by atoms with E-state index in [1.807, 2.05) is 6.92 Å². The Morgan fingerprint density at radius 2 is 1.82 bits per heavy atom. The second-order valence-corrected chi connectivity index (χ2v) is 4.94. The lowest BCUT2D eigenvalue weighted by atomic mass is 9.90. The van der Waals surface area contributed by atoms with Crippen LogP contribution in [0.2, 0.25) is 0 Å². The van der Waals surface area contributed by atoms with Crippen LogP contribution >= 0.6 is 0 Å². The van der Waals surface area contributed by atoms with E-state index in [1.165, 1.54) is 0 Å². The van der Waals surface area contributed by atoms with E-state index in [9.17, 15) is 4.79 Å². The topological polar surface area (TPSA) is 44.2 Å². The molecule has 3 heteroatoms. The fourth-order valence-corrected chi connectivity index (χ4v) is 1.91. The number of amidine groups is 1. The summed E-state index contributed by atoms with van der Waals surface area (Å²) in [7, 11) is 1.74. The van der Waals surface area contributed by atoms with Crippen molar-refractivity contribution >= 4 is 11.7 Å². The molecule has 0 aromatic heterocycles. The average molecular weight is 240 g/mol. The predicted molar refractivity (Wildman–Crippen MR) is 73.3 cm³/mol. The maximum atomic E-state index is 11.7. The summed E-state index contributed by atoms with van der Waals surface area (Å²) in [4.78, 5) is 13.3. The van der Waals surface area contributed by atoms with Gasteiger partial charge in [-0.05, 0) is 25.2 Å². The monoisotopic (exact) mass is 240 g/mol. The van der Waals surface area contributed by atoms with Crippen molar-refractivity contribution in [1.29, 1.82) is 5.41 Å². The smallest absolute Gasteiger partial charge is 0.227 e. The summed E-state index contributed by atoms with van der Waals surface area (Å²) >= 11 is 0. The van der Waals surface area contributed by atoms with Gasteiger partial charge in [0.05, 0.1) is 0 Å². The number of amides is 1. The third-order valence-corrected chi connectivity index (χ3v) is 3.46. The Bertz CT molecular complexity index is 251. The molecule has 0 aliphatic heterocycles. The highest BCUT2D eigenvalue weighted by atomic mass is 16.2. The molecule has 0 aliphatic carbocycles. The highest BCUT2D eigenvalue weighted by molar-refractivity contribution is 5.97. The molecule has 0 aliphatic rings. The first kappa shape index (κ1) is 16.1. The van der Waals surface area contributed by atoms with Crippen molar-refractivity contribution in [3.63, 3.8) is 0 Å². The maximum Gasteiger partial charge on any atom is 0.227 e. The summed E-state index contributed by atoms with van der Waals surface area (Å²) < 4.78 is 0. The minimum Gasteiger partial charge on any atom is -0.304 e. The zero-order chi connectivity index (χ0) is 13.4. The van der Waals surface area contributed by atoms with E-state index in [0.29, 0.717) is 18.2 Å². The highest BCUT2D eigenvalue weighted by Crippen LogP contribution is 2.20. The highest BCUT2D eigenvalue weighted by Gasteiger charge is 2.21. The summed E-state index contributed by atoms with van der Waals surface area (Å²) in [5, 5.41) is 8.13. The second kappa shape index (κ2) is 8.26. The van der Waals surface area contributed by atoms with Gasteiger partial charge in [0.25, 0.3) is 0 Å². The van der Waals surface area contributed by atoms with Crippen LogP contribution in [-0.2, 0) is 4.79 Å². The van der Waals surface area contributed by atoms with Crippen LogP contribution < -0.4 is 0 Å². The number of rotatable bonds is 7. The molecule has 17 heavy (non-hydrogen) atoms. The quantitative estimate of drug-likeness (QED) is 0.535. The van der Waals surface area contributed by atoms with E-state index in [2.05, 4.69) is 20.8 Å². The summed E-state index contributed by atoms with van der Waals surface area (Å²) in [6.45, 7) is 8.47. The van der Waals surface area contributed by atoms with Crippen LogP contribution in [0.1, 0.15) is 59.8 Å². The number of nitrogens with one attached hydrogen (secondary N) is 1.